The Balaban J connectivity index is 1.66. The first kappa shape index (κ1) is 34.4. The van der Waals surface area contributed by atoms with E-state index in [1.165, 1.54) is 4.90 Å². The zero-order valence-corrected chi connectivity index (χ0v) is 27.1. The van der Waals surface area contributed by atoms with Crippen LogP contribution in [0, 0.1) is 11.8 Å². The molecule has 3 amide bonds. The van der Waals surface area contributed by atoms with Crippen LogP contribution >= 0.6 is 0 Å². The van der Waals surface area contributed by atoms with Crippen LogP contribution in [0.4, 0.5) is 0 Å². The molecule has 1 spiro atoms. The average Bonchev–Trinajstić information content (AvgIpc) is 3.68. The molecule has 3 heterocycles. The highest BCUT2D eigenvalue weighted by atomic mass is 16.6. The van der Waals surface area contributed by atoms with Crippen LogP contribution in [0.15, 0.2) is 55.6 Å². The number of benzene rings is 1. The van der Waals surface area contributed by atoms with Crippen molar-refractivity contribution in [3.63, 3.8) is 0 Å². The number of ether oxygens (including phenoxy) is 2. The van der Waals surface area contributed by atoms with Crippen molar-refractivity contribution in [1.29, 1.82) is 0 Å². The van der Waals surface area contributed by atoms with Crippen LogP contribution in [0.3, 0.4) is 0 Å². The summed E-state index contributed by atoms with van der Waals surface area (Å²) >= 11 is 0. The van der Waals surface area contributed by atoms with Crippen LogP contribution in [-0.4, -0.2) is 100 Å². The molecular weight excluding hydrogens is 574 g/mol. The predicted octanol–water partition coefficient (Wildman–Crippen LogP) is 3.65. The standard InChI is InChI=1S/C35H49N3O7/c1-7-10-17-27(40)36(6)24(5)30(25-15-12-11-13-16-25)44-34(43)28-26-18-19-35(45-26)29(28)32(41)38(21-22-39)31(35)33(42)37(20-9-3)23(4)14-8-2/h7,9,11-13,15-16,23-24,26,28-31,39H,1,3,8,10,14,17-22H2,2,4-6H3/t23?,24-,26-,28+,29+,30+,31-,35+/m0/s1. The van der Waals surface area contributed by atoms with Gasteiger partial charge in [0, 0.05) is 32.6 Å². The van der Waals surface area contributed by atoms with Gasteiger partial charge in [0.2, 0.25) is 17.7 Å². The van der Waals surface area contributed by atoms with Gasteiger partial charge >= 0.3 is 5.97 Å². The largest absolute Gasteiger partial charge is 0.455 e. The first-order valence-corrected chi connectivity index (χ1v) is 16.2. The maximum absolute atomic E-state index is 14.3. The molecule has 246 valence electrons. The third-order valence-electron chi connectivity index (χ3n) is 9.87. The van der Waals surface area contributed by atoms with E-state index in [1.54, 1.807) is 29.0 Å². The Labute approximate surface area is 267 Å². The van der Waals surface area contributed by atoms with Crippen LogP contribution in [0.1, 0.15) is 71.0 Å². The molecule has 10 heteroatoms. The lowest BCUT2D eigenvalue weighted by molar-refractivity contribution is -0.164. The third kappa shape index (κ3) is 6.45. The fourth-order valence-corrected chi connectivity index (χ4v) is 7.53. The number of carbonyl (C=O) groups excluding carboxylic acids is 4. The van der Waals surface area contributed by atoms with Crippen molar-refractivity contribution >= 4 is 23.7 Å². The number of hydrogen-bond donors (Lipinski definition) is 1. The number of likely N-dealkylation sites (tertiary alicyclic amines) is 1. The van der Waals surface area contributed by atoms with E-state index in [0.29, 0.717) is 25.8 Å². The highest BCUT2D eigenvalue weighted by molar-refractivity contribution is 5.98. The maximum Gasteiger partial charge on any atom is 0.313 e. The van der Waals surface area contributed by atoms with E-state index in [4.69, 9.17) is 9.47 Å². The minimum Gasteiger partial charge on any atom is -0.455 e. The molecule has 0 saturated carbocycles. The molecule has 10 nitrogen and oxygen atoms in total. The van der Waals surface area contributed by atoms with Crippen LogP contribution < -0.4 is 0 Å². The van der Waals surface area contributed by atoms with E-state index in [2.05, 4.69) is 20.1 Å². The summed E-state index contributed by atoms with van der Waals surface area (Å²) in [5.41, 5.74) is -0.479. The number of carbonyl (C=O) groups is 4. The number of amides is 3. The lowest BCUT2D eigenvalue weighted by Crippen LogP contribution is -2.58. The van der Waals surface area contributed by atoms with Gasteiger partial charge in [0.1, 0.15) is 17.7 Å². The van der Waals surface area contributed by atoms with E-state index >= 15 is 0 Å². The number of esters is 1. The summed E-state index contributed by atoms with van der Waals surface area (Å²) in [6.07, 6.45) is 5.39. The van der Waals surface area contributed by atoms with Crippen LogP contribution in [0.2, 0.25) is 0 Å². The summed E-state index contributed by atoms with van der Waals surface area (Å²) in [4.78, 5) is 60.3. The molecule has 4 rings (SSSR count). The quantitative estimate of drug-likeness (QED) is 0.221. The third-order valence-corrected chi connectivity index (χ3v) is 9.87. The van der Waals surface area contributed by atoms with E-state index in [0.717, 1.165) is 18.4 Å². The Bertz CT molecular complexity index is 1250. The first-order chi connectivity index (χ1) is 21.6. The SMILES string of the molecule is C=CCCC(=O)N(C)[C@@H](C)[C@@H](OC(=O)[C@@H]1[C@@H]2CC[C@]3(O2)[C@H](C(=O)N(CC=C)C(C)CCC)N(CCO)C(=O)[C@@H]13)c1ccccc1. The number of hydrogen-bond acceptors (Lipinski definition) is 7. The Kier molecular flexibility index (Phi) is 11.3. The summed E-state index contributed by atoms with van der Waals surface area (Å²) in [6, 6.07) is 7.67. The fraction of sp³-hybridized carbons (Fsp3) is 0.600. The molecule has 1 aromatic carbocycles. The molecule has 0 aliphatic carbocycles. The van der Waals surface area contributed by atoms with E-state index < -0.39 is 47.7 Å². The van der Waals surface area contributed by atoms with E-state index in [-0.39, 0.29) is 43.3 Å². The van der Waals surface area contributed by atoms with E-state index in [1.807, 2.05) is 44.2 Å². The number of aliphatic hydroxyl groups excluding tert-OH is 1. The molecule has 3 fully saturated rings. The molecule has 1 unspecified atom stereocenters. The fourth-order valence-electron chi connectivity index (χ4n) is 7.53. The van der Waals surface area contributed by atoms with Crippen molar-refractivity contribution in [2.75, 3.05) is 26.7 Å². The second-order valence-corrected chi connectivity index (χ2v) is 12.6. The molecule has 3 aliphatic rings. The van der Waals surface area contributed by atoms with Crippen LogP contribution in [0.5, 0.6) is 0 Å². The van der Waals surface area contributed by atoms with Crippen molar-refractivity contribution in [2.45, 2.75) is 95.2 Å². The topological polar surface area (TPSA) is 117 Å². The molecule has 3 aliphatic heterocycles. The number of rotatable bonds is 16. The minimum absolute atomic E-state index is 0.0470. The minimum atomic E-state index is -1.20. The summed E-state index contributed by atoms with van der Waals surface area (Å²) in [5.74, 6) is -3.18. The zero-order chi connectivity index (χ0) is 32.9. The highest BCUT2D eigenvalue weighted by Gasteiger charge is 2.75. The number of fused-ring (bicyclic) bond motifs is 1. The number of likely N-dealkylation sites (N-methyl/N-ethyl adjacent to an activating group) is 1. The van der Waals surface area contributed by atoms with E-state index in [9.17, 15) is 24.3 Å². The Morgan fingerprint density at radius 2 is 1.91 bits per heavy atom. The molecule has 2 bridgehead atoms. The van der Waals surface area contributed by atoms with Gasteiger partial charge in [-0.25, -0.2) is 0 Å². The van der Waals surface area contributed by atoms with Gasteiger partial charge in [0.15, 0.2) is 0 Å². The summed E-state index contributed by atoms with van der Waals surface area (Å²) in [6.45, 7) is 13.3. The number of allylic oxidation sites excluding steroid dienone is 1. The first-order valence-electron chi connectivity index (χ1n) is 16.2. The lowest BCUT2D eigenvalue weighted by Gasteiger charge is -2.38. The van der Waals surface area contributed by atoms with Crippen molar-refractivity contribution in [3.8, 4) is 0 Å². The van der Waals surface area contributed by atoms with Gasteiger partial charge in [-0.15, -0.1) is 13.2 Å². The smallest absolute Gasteiger partial charge is 0.313 e. The van der Waals surface area contributed by atoms with Gasteiger partial charge in [0.25, 0.3) is 0 Å². The van der Waals surface area contributed by atoms with Crippen molar-refractivity contribution in [3.05, 3.63) is 61.2 Å². The number of aliphatic hydroxyl groups is 1. The van der Waals surface area contributed by atoms with Crippen molar-refractivity contribution < 1.29 is 33.8 Å². The Hall–Kier alpha value is -3.50. The molecular formula is C35H49N3O7. The molecule has 0 radical (unpaired) electrons. The Morgan fingerprint density at radius 3 is 2.53 bits per heavy atom. The maximum atomic E-state index is 14.3. The van der Waals surface area contributed by atoms with Gasteiger partial charge in [-0.2, -0.15) is 0 Å². The van der Waals surface area contributed by atoms with Gasteiger partial charge in [-0.3, -0.25) is 19.2 Å². The van der Waals surface area contributed by atoms with Crippen molar-refractivity contribution in [2.24, 2.45) is 11.8 Å². The average molecular weight is 624 g/mol. The number of nitrogens with zero attached hydrogens (tertiary/aromatic N) is 3. The molecule has 0 aromatic heterocycles. The molecule has 3 saturated heterocycles. The highest BCUT2D eigenvalue weighted by Crippen LogP contribution is 2.59. The normalized spacial score (nSPS) is 27.0. The molecule has 1 N–H and O–H groups in total. The molecule has 8 atom stereocenters. The van der Waals surface area contributed by atoms with Crippen LogP contribution in [0.25, 0.3) is 0 Å². The number of β-amino-alcohol motifs (C(OH)–C–C–N with tert-alkyl or cyclic N) is 1. The second kappa shape index (κ2) is 14.7. The second-order valence-electron chi connectivity index (χ2n) is 12.6. The monoisotopic (exact) mass is 623 g/mol. The van der Waals surface area contributed by atoms with Gasteiger partial charge in [-0.1, -0.05) is 55.8 Å². The molecule has 45 heavy (non-hydrogen) atoms. The Morgan fingerprint density at radius 1 is 1.20 bits per heavy atom. The summed E-state index contributed by atoms with van der Waals surface area (Å²) in [7, 11) is 1.69. The van der Waals surface area contributed by atoms with Gasteiger partial charge in [-0.05, 0) is 45.1 Å². The zero-order valence-electron chi connectivity index (χ0n) is 27.1. The summed E-state index contributed by atoms with van der Waals surface area (Å²) < 4.78 is 12.8. The predicted molar refractivity (Wildman–Crippen MR) is 170 cm³/mol. The van der Waals surface area contributed by atoms with Crippen molar-refractivity contribution in [1.82, 2.24) is 14.7 Å². The molecule has 1 aromatic rings. The van der Waals surface area contributed by atoms with Gasteiger partial charge in [0.05, 0.1) is 30.6 Å². The summed E-state index contributed by atoms with van der Waals surface area (Å²) in [5, 5.41) is 9.94. The lowest BCUT2D eigenvalue weighted by atomic mass is 9.70. The van der Waals surface area contributed by atoms with Crippen LogP contribution in [-0.2, 0) is 28.7 Å². The van der Waals surface area contributed by atoms with Gasteiger partial charge < -0.3 is 29.3 Å².